The van der Waals surface area contributed by atoms with Crippen LogP contribution in [0.25, 0.3) is 0 Å². The third-order valence-electron chi connectivity index (χ3n) is 3.68. The van der Waals surface area contributed by atoms with Crippen molar-refractivity contribution in [2.45, 2.75) is 12.8 Å². The number of halogens is 2. The number of hydrogen-bond acceptors (Lipinski definition) is 2. The Labute approximate surface area is 121 Å². The first-order valence-corrected chi connectivity index (χ1v) is 6.72. The second kappa shape index (κ2) is 5.16. The minimum absolute atomic E-state index is 0.00870. The van der Waals surface area contributed by atoms with Crippen LogP contribution in [-0.2, 0) is 6.42 Å². The fraction of sp³-hybridized carbons (Fsp3) is 0.188. The summed E-state index contributed by atoms with van der Waals surface area (Å²) >= 11 is 0. The summed E-state index contributed by atoms with van der Waals surface area (Å²) in [4.78, 5) is 14.2. The Kier molecular flexibility index (Phi) is 3.33. The minimum atomic E-state index is -1.07. The number of carbonyl (C=O) groups excluding carboxylic acids is 1. The summed E-state index contributed by atoms with van der Waals surface area (Å²) in [5.41, 5.74) is 7.47. The summed E-state index contributed by atoms with van der Waals surface area (Å²) in [6.07, 6.45) is 1.72. The van der Waals surface area contributed by atoms with Crippen LogP contribution in [0.5, 0.6) is 0 Å². The Hall–Kier alpha value is -2.43. The molecule has 2 aromatic carbocycles. The average Bonchev–Trinajstić information content (AvgIpc) is 2.49. The molecule has 0 aliphatic carbocycles. The van der Waals surface area contributed by atoms with Crippen molar-refractivity contribution in [2.24, 2.45) is 0 Å². The van der Waals surface area contributed by atoms with E-state index in [0.29, 0.717) is 6.54 Å². The maximum absolute atomic E-state index is 13.4. The lowest BCUT2D eigenvalue weighted by Gasteiger charge is -2.29. The Bertz CT molecular complexity index is 715. The predicted molar refractivity (Wildman–Crippen MR) is 77.2 cm³/mol. The number of nitrogens with zero attached hydrogens (tertiary/aromatic N) is 1. The van der Waals surface area contributed by atoms with Crippen LogP contribution in [0.4, 0.5) is 20.2 Å². The van der Waals surface area contributed by atoms with Gasteiger partial charge in [-0.3, -0.25) is 4.79 Å². The van der Waals surface area contributed by atoms with E-state index in [-0.39, 0.29) is 11.3 Å². The van der Waals surface area contributed by atoms with Gasteiger partial charge in [-0.15, -0.1) is 0 Å². The molecule has 0 aromatic heterocycles. The van der Waals surface area contributed by atoms with Crippen LogP contribution >= 0.6 is 0 Å². The highest BCUT2D eigenvalue weighted by molar-refractivity contribution is 6.09. The van der Waals surface area contributed by atoms with Crippen molar-refractivity contribution in [3.8, 4) is 0 Å². The Morgan fingerprint density at radius 3 is 2.67 bits per heavy atom. The van der Waals surface area contributed by atoms with Gasteiger partial charge in [0, 0.05) is 24.0 Å². The van der Waals surface area contributed by atoms with Crippen molar-refractivity contribution < 1.29 is 13.6 Å². The summed E-state index contributed by atoms with van der Waals surface area (Å²) in [6, 6.07) is 9.28. The maximum atomic E-state index is 13.4. The van der Waals surface area contributed by atoms with E-state index in [2.05, 4.69) is 0 Å². The molecule has 5 heteroatoms. The zero-order valence-electron chi connectivity index (χ0n) is 11.3. The van der Waals surface area contributed by atoms with E-state index in [1.807, 2.05) is 24.3 Å². The molecule has 0 spiro atoms. The van der Waals surface area contributed by atoms with Gasteiger partial charge in [-0.05, 0) is 30.5 Å². The highest BCUT2D eigenvalue weighted by Gasteiger charge is 2.25. The van der Waals surface area contributed by atoms with Gasteiger partial charge >= 0.3 is 0 Å². The van der Waals surface area contributed by atoms with Crippen LogP contribution in [-0.4, -0.2) is 12.5 Å². The summed E-state index contributed by atoms with van der Waals surface area (Å²) in [5.74, 6) is -2.53. The van der Waals surface area contributed by atoms with Crippen LogP contribution in [0, 0.1) is 11.6 Å². The summed E-state index contributed by atoms with van der Waals surface area (Å²) < 4.78 is 26.5. The fourth-order valence-corrected chi connectivity index (χ4v) is 2.64. The number of anilines is 2. The molecule has 1 amide bonds. The molecule has 1 heterocycles. The lowest BCUT2D eigenvalue weighted by molar-refractivity contribution is 0.0985. The van der Waals surface area contributed by atoms with E-state index in [4.69, 9.17) is 5.73 Å². The molecule has 0 fully saturated rings. The van der Waals surface area contributed by atoms with Gasteiger partial charge in [0.15, 0.2) is 11.6 Å². The Morgan fingerprint density at radius 1 is 1.14 bits per heavy atom. The molecule has 3 rings (SSSR count). The molecule has 0 atom stereocenters. The first kappa shape index (κ1) is 13.5. The van der Waals surface area contributed by atoms with Crippen LogP contribution in [0.2, 0.25) is 0 Å². The normalized spacial score (nSPS) is 13.9. The molecule has 2 N–H and O–H groups in total. The number of benzene rings is 2. The number of nitrogens with two attached hydrogens (primary N) is 1. The molecule has 21 heavy (non-hydrogen) atoms. The quantitative estimate of drug-likeness (QED) is 0.819. The van der Waals surface area contributed by atoms with E-state index in [1.165, 1.54) is 0 Å². The summed E-state index contributed by atoms with van der Waals surface area (Å²) in [7, 11) is 0. The molecule has 0 bridgehead atoms. The number of amides is 1. The Morgan fingerprint density at radius 2 is 1.86 bits per heavy atom. The molecule has 108 valence electrons. The molecular formula is C16H14F2N2O. The SMILES string of the molecule is Nc1cc(F)c(F)cc1C(=O)N1CCCc2ccccc21. The van der Waals surface area contributed by atoms with Crippen molar-refractivity contribution >= 4 is 17.3 Å². The van der Waals surface area contributed by atoms with Gasteiger partial charge in [-0.1, -0.05) is 18.2 Å². The van der Waals surface area contributed by atoms with Gasteiger partial charge in [0.25, 0.3) is 5.91 Å². The number of aryl methyl sites for hydroxylation is 1. The highest BCUT2D eigenvalue weighted by Crippen LogP contribution is 2.29. The fourth-order valence-electron chi connectivity index (χ4n) is 2.64. The predicted octanol–water partition coefficient (Wildman–Crippen LogP) is 3.14. The van der Waals surface area contributed by atoms with Gasteiger partial charge in [-0.2, -0.15) is 0 Å². The van der Waals surface area contributed by atoms with E-state index < -0.39 is 17.5 Å². The smallest absolute Gasteiger partial charge is 0.260 e. The summed E-state index contributed by atoms with van der Waals surface area (Å²) in [5, 5.41) is 0. The monoisotopic (exact) mass is 288 g/mol. The standard InChI is InChI=1S/C16H14F2N2O/c17-12-8-11(14(19)9-13(12)18)16(21)20-7-3-5-10-4-1-2-6-15(10)20/h1-2,4,6,8-9H,3,5,7,19H2. The number of fused-ring (bicyclic) bond motifs is 1. The zero-order valence-corrected chi connectivity index (χ0v) is 11.3. The van der Waals surface area contributed by atoms with Crippen molar-refractivity contribution in [2.75, 3.05) is 17.2 Å². The highest BCUT2D eigenvalue weighted by atomic mass is 19.2. The molecule has 1 aliphatic rings. The third kappa shape index (κ3) is 2.35. The Balaban J connectivity index is 2.03. The molecule has 0 unspecified atom stereocenters. The molecule has 0 saturated heterocycles. The van der Waals surface area contributed by atoms with E-state index in [9.17, 15) is 13.6 Å². The van der Waals surface area contributed by atoms with Crippen LogP contribution in [0.1, 0.15) is 22.3 Å². The number of nitrogen functional groups attached to an aromatic ring is 1. The van der Waals surface area contributed by atoms with Crippen LogP contribution in [0.3, 0.4) is 0 Å². The van der Waals surface area contributed by atoms with Crippen LogP contribution < -0.4 is 10.6 Å². The van der Waals surface area contributed by atoms with Crippen molar-refractivity contribution in [3.05, 3.63) is 59.2 Å². The van der Waals surface area contributed by atoms with Crippen molar-refractivity contribution in [1.29, 1.82) is 0 Å². The number of carbonyl (C=O) groups is 1. The maximum Gasteiger partial charge on any atom is 0.260 e. The first-order valence-electron chi connectivity index (χ1n) is 6.72. The molecule has 0 radical (unpaired) electrons. The van der Waals surface area contributed by atoms with E-state index in [1.54, 1.807) is 4.90 Å². The number of hydrogen-bond donors (Lipinski definition) is 1. The minimum Gasteiger partial charge on any atom is -0.398 e. The summed E-state index contributed by atoms with van der Waals surface area (Å²) in [6.45, 7) is 0.536. The van der Waals surface area contributed by atoms with Gasteiger partial charge in [0.2, 0.25) is 0 Å². The largest absolute Gasteiger partial charge is 0.398 e. The second-order valence-corrected chi connectivity index (χ2v) is 5.04. The number of para-hydroxylation sites is 1. The molecule has 1 aliphatic heterocycles. The molecule has 2 aromatic rings. The topological polar surface area (TPSA) is 46.3 Å². The molecule has 3 nitrogen and oxygen atoms in total. The van der Waals surface area contributed by atoms with E-state index in [0.717, 1.165) is 36.2 Å². The van der Waals surface area contributed by atoms with Gasteiger partial charge in [0.1, 0.15) is 0 Å². The van der Waals surface area contributed by atoms with Gasteiger partial charge in [0.05, 0.1) is 5.56 Å². The van der Waals surface area contributed by atoms with E-state index >= 15 is 0 Å². The van der Waals surface area contributed by atoms with Gasteiger partial charge in [-0.25, -0.2) is 8.78 Å². The van der Waals surface area contributed by atoms with Crippen LogP contribution in [0.15, 0.2) is 36.4 Å². The van der Waals surface area contributed by atoms with Crippen molar-refractivity contribution in [1.82, 2.24) is 0 Å². The average molecular weight is 288 g/mol. The third-order valence-corrected chi connectivity index (χ3v) is 3.68. The second-order valence-electron chi connectivity index (χ2n) is 5.04. The van der Waals surface area contributed by atoms with Gasteiger partial charge < -0.3 is 10.6 Å². The van der Waals surface area contributed by atoms with Crippen molar-refractivity contribution in [3.63, 3.8) is 0 Å². The molecule has 0 saturated carbocycles. The lowest BCUT2D eigenvalue weighted by Crippen LogP contribution is -2.36. The lowest BCUT2D eigenvalue weighted by atomic mass is 10.0. The first-order chi connectivity index (χ1) is 10.1. The zero-order chi connectivity index (χ0) is 15.0. The number of rotatable bonds is 1. The molecular weight excluding hydrogens is 274 g/mol.